The van der Waals surface area contributed by atoms with Crippen molar-refractivity contribution in [3.05, 3.63) is 48.4 Å². The average Bonchev–Trinajstić information content (AvgIpc) is 2.29. The predicted octanol–water partition coefficient (Wildman–Crippen LogP) is 3.44. The molecule has 0 aromatic carbocycles. The quantitative estimate of drug-likeness (QED) is 0.723. The zero-order valence-electron chi connectivity index (χ0n) is 9.94. The molecule has 2 aromatic heterocycles. The highest BCUT2D eigenvalue weighted by atomic mass is 14.7. The molecule has 0 bridgehead atoms. The molecule has 2 aromatic rings. The highest BCUT2D eigenvalue weighted by Gasteiger charge is 2.19. The lowest BCUT2D eigenvalue weighted by Crippen LogP contribution is -2.13. The molecule has 0 spiro atoms. The van der Waals surface area contributed by atoms with Crippen LogP contribution in [-0.4, -0.2) is 9.97 Å². The molecule has 0 saturated carbocycles. The Morgan fingerprint density at radius 2 is 1.75 bits per heavy atom. The maximum absolute atomic E-state index is 4.48. The fraction of sp³-hybridized carbons (Fsp3) is 0.286. The van der Waals surface area contributed by atoms with Crippen molar-refractivity contribution in [2.24, 2.45) is 0 Å². The van der Waals surface area contributed by atoms with Crippen molar-refractivity contribution in [2.45, 2.75) is 26.2 Å². The first-order valence-electron chi connectivity index (χ1n) is 5.45. The number of pyridine rings is 2. The van der Waals surface area contributed by atoms with Crippen LogP contribution in [0.3, 0.4) is 0 Å². The minimum absolute atomic E-state index is 0.0967. The molecule has 82 valence electrons. The van der Waals surface area contributed by atoms with E-state index in [4.69, 9.17) is 0 Å². The summed E-state index contributed by atoms with van der Waals surface area (Å²) in [4.78, 5) is 8.62. The van der Waals surface area contributed by atoms with Gasteiger partial charge in [-0.2, -0.15) is 0 Å². The van der Waals surface area contributed by atoms with Gasteiger partial charge >= 0.3 is 0 Å². The van der Waals surface area contributed by atoms with E-state index in [1.165, 1.54) is 5.56 Å². The number of aromatic nitrogens is 2. The van der Waals surface area contributed by atoms with Gasteiger partial charge in [-0.3, -0.25) is 9.97 Å². The van der Waals surface area contributed by atoms with Crippen molar-refractivity contribution in [3.63, 3.8) is 0 Å². The fourth-order valence-corrected chi connectivity index (χ4v) is 1.74. The van der Waals surface area contributed by atoms with Crippen molar-refractivity contribution in [1.82, 2.24) is 9.97 Å². The van der Waals surface area contributed by atoms with Gasteiger partial charge in [-0.1, -0.05) is 26.8 Å². The lowest BCUT2D eigenvalue weighted by atomic mass is 9.84. The number of hydrogen-bond donors (Lipinski definition) is 0. The maximum atomic E-state index is 4.48. The molecule has 0 aliphatic heterocycles. The van der Waals surface area contributed by atoms with Gasteiger partial charge in [0.1, 0.15) is 0 Å². The molecule has 2 nitrogen and oxygen atoms in total. The molecule has 0 N–H and O–H groups in total. The van der Waals surface area contributed by atoms with E-state index < -0.39 is 0 Å². The summed E-state index contributed by atoms with van der Waals surface area (Å²) < 4.78 is 0. The normalized spacial score (nSPS) is 11.4. The van der Waals surface area contributed by atoms with E-state index in [9.17, 15) is 0 Å². The standard InChI is InChI=1S/C14H16N2/c1-14(2,3)12-7-5-9-16-13(12)11-6-4-8-15-10-11/h4-10H,1-3H3. The molecular weight excluding hydrogens is 196 g/mol. The van der Waals surface area contributed by atoms with Gasteiger partial charge in [-0.25, -0.2) is 0 Å². The van der Waals surface area contributed by atoms with Crippen LogP contribution < -0.4 is 0 Å². The van der Waals surface area contributed by atoms with Crippen LogP contribution >= 0.6 is 0 Å². The predicted molar refractivity (Wildman–Crippen MR) is 66.2 cm³/mol. The van der Waals surface area contributed by atoms with Crippen molar-refractivity contribution in [1.29, 1.82) is 0 Å². The molecule has 2 heterocycles. The molecule has 0 saturated heterocycles. The minimum atomic E-state index is 0.0967. The largest absolute Gasteiger partial charge is 0.264 e. The van der Waals surface area contributed by atoms with Gasteiger partial charge < -0.3 is 0 Å². The Hall–Kier alpha value is -1.70. The van der Waals surface area contributed by atoms with Gasteiger partial charge in [0.15, 0.2) is 0 Å². The van der Waals surface area contributed by atoms with Gasteiger partial charge in [0, 0.05) is 24.2 Å². The van der Waals surface area contributed by atoms with Crippen LogP contribution in [0.4, 0.5) is 0 Å². The van der Waals surface area contributed by atoms with Crippen molar-refractivity contribution in [2.75, 3.05) is 0 Å². The Kier molecular flexibility index (Phi) is 2.73. The van der Waals surface area contributed by atoms with Gasteiger partial charge in [0.05, 0.1) is 5.69 Å². The van der Waals surface area contributed by atoms with Gasteiger partial charge in [-0.05, 0) is 29.2 Å². The van der Waals surface area contributed by atoms with E-state index in [2.05, 4.69) is 36.8 Å². The zero-order chi connectivity index (χ0) is 11.6. The van der Waals surface area contributed by atoms with Crippen LogP contribution in [0.1, 0.15) is 26.3 Å². The van der Waals surface area contributed by atoms with Gasteiger partial charge in [0.25, 0.3) is 0 Å². The average molecular weight is 212 g/mol. The van der Waals surface area contributed by atoms with E-state index in [1.807, 2.05) is 30.6 Å². The Morgan fingerprint density at radius 1 is 1.00 bits per heavy atom. The van der Waals surface area contributed by atoms with Crippen LogP contribution in [0, 0.1) is 0 Å². The fourth-order valence-electron chi connectivity index (χ4n) is 1.74. The van der Waals surface area contributed by atoms with E-state index in [1.54, 1.807) is 6.20 Å². The molecule has 0 unspecified atom stereocenters. The Bertz CT molecular complexity index is 470. The van der Waals surface area contributed by atoms with E-state index in [0.29, 0.717) is 0 Å². The molecule has 2 heteroatoms. The molecule has 0 atom stereocenters. The summed E-state index contributed by atoms with van der Waals surface area (Å²) in [5.74, 6) is 0. The number of rotatable bonds is 1. The Balaban J connectivity index is 2.58. The first-order chi connectivity index (χ1) is 7.59. The first-order valence-corrected chi connectivity index (χ1v) is 5.45. The van der Waals surface area contributed by atoms with Gasteiger partial charge in [0.2, 0.25) is 0 Å². The summed E-state index contributed by atoms with van der Waals surface area (Å²) in [6.07, 6.45) is 5.47. The second kappa shape index (κ2) is 4.05. The van der Waals surface area contributed by atoms with E-state index in [0.717, 1.165) is 11.3 Å². The van der Waals surface area contributed by atoms with Gasteiger partial charge in [-0.15, -0.1) is 0 Å². The lowest BCUT2D eigenvalue weighted by molar-refractivity contribution is 0.589. The summed E-state index contributed by atoms with van der Waals surface area (Å²) in [7, 11) is 0. The van der Waals surface area contributed by atoms with Crippen LogP contribution in [0.2, 0.25) is 0 Å². The zero-order valence-corrected chi connectivity index (χ0v) is 9.94. The summed E-state index contributed by atoms with van der Waals surface area (Å²) in [5, 5.41) is 0. The molecule has 0 aliphatic carbocycles. The highest BCUT2D eigenvalue weighted by Crippen LogP contribution is 2.30. The van der Waals surface area contributed by atoms with Crippen LogP contribution in [0.5, 0.6) is 0 Å². The second-order valence-electron chi connectivity index (χ2n) is 4.89. The van der Waals surface area contributed by atoms with Crippen molar-refractivity contribution >= 4 is 0 Å². The molecule has 2 rings (SSSR count). The number of hydrogen-bond acceptors (Lipinski definition) is 2. The molecule has 0 fully saturated rings. The van der Waals surface area contributed by atoms with E-state index in [-0.39, 0.29) is 5.41 Å². The molecule has 0 amide bonds. The summed E-state index contributed by atoms with van der Waals surface area (Å²) >= 11 is 0. The van der Waals surface area contributed by atoms with Crippen LogP contribution in [0.25, 0.3) is 11.3 Å². The molecule has 0 aliphatic rings. The summed E-state index contributed by atoms with van der Waals surface area (Å²) in [6.45, 7) is 6.59. The molecule has 16 heavy (non-hydrogen) atoms. The Morgan fingerprint density at radius 3 is 2.38 bits per heavy atom. The maximum Gasteiger partial charge on any atom is 0.0754 e. The third-order valence-corrected chi connectivity index (χ3v) is 2.55. The van der Waals surface area contributed by atoms with Crippen molar-refractivity contribution in [3.8, 4) is 11.3 Å². The number of nitrogens with zero attached hydrogens (tertiary/aromatic N) is 2. The minimum Gasteiger partial charge on any atom is -0.264 e. The topological polar surface area (TPSA) is 25.8 Å². The third kappa shape index (κ3) is 2.11. The molecular formula is C14H16N2. The molecule has 0 radical (unpaired) electrons. The van der Waals surface area contributed by atoms with E-state index >= 15 is 0 Å². The van der Waals surface area contributed by atoms with Crippen LogP contribution in [-0.2, 0) is 5.41 Å². The monoisotopic (exact) mass is 212 g/mol. The third-order valence-electron chi connectivity index (χ3n) is 2.55. The highest BCUT2D eigenvalue weighted by molar-refractivity contribution is 5.63. The summed E-state index contributed by atoms with van der Waals surface area (Å²) in [6, 6.07) is 8.11. The SMILES string of the molecule is CC(C)(C)c1cccnc1-c1cccnc1. The van der Waals surface area contributed by atoms with Crippen LogP contribution in [0.15, 0.2) is 42.9 Å². The summed E-state index contributed by atoms with van der Waals surface area (Å²) in [5.41, 5.74) is 3.46. The van der Waals surface area contributed by atoms with Crippen molar-refractivity contribution < 1.29 is 0 Å². The Labute approximate surface area is 96.4 Å². The lowest BCUT2D eigenvalue weighted by Gasteiger charge is -2.21. The smallest absolute Gasteiger partial charge is 0.0754 e. The second-order valence-corrected chi connectivity index (χ2v) is 4.89. The first kappa shape index (κ1) is 10.8.